The van der Waals surface area contributed by atoms with Gasteiger partial charge in [0.25, 0.3) is 0 Å². The van der Waals surface area contributed by atoms with E-state index in [0.717, 1.165) is 16.7 Å². The lowest BCUT2D eigenvalue weighted by atomic mass is 9.98. The van der Waals surface area contributed by atoms with Gasteiger partial charge in [-0.15, -0.1) is 0 Å². The van der Waals surface area contributed by atoms with Gasteiger partial charge < -0.3 is 5.32 Å². The molecular weight excluding hydrogens is 256 g/mol. The van der Waals surface area contributed by atoms with E-state index in [1.54, 1.807) is 12.1 Å². The Morgan fingerprint density at radius 2 is 1.90 bits per heavy atom. The van der Waals surface area contributed by atoms with Crippen molar-refractivity contribution in [1.29, 1.82) is 0 Å². The van der Waals surface area contributed by atoms with Crippen LogP contribution in [0.5, 0.6) is 0 Å². The summed E-state index contributed by atoms with van der Waals surface area (Å²) in [7, 11) is 0. The van der Waals surface area contributed by atoms with Gasteiger partial charge in [0.1, 0.15) is 11.6 Å². The van der Waals surface area contributed by atoms with E-state index in [4.69, 9.17) is 0 Å². The van der Waals surface area contributed by atoms with E-state index in [-0.39, 0.29) is 11.6 Å². The van der Waals surface area contributed by atoms with Gasteiger partial charge in [-0.25, -0.2) is 8.78 Å². The third kappa shape index (κ3) is 2.88. The van der Waals surface area contributed by atoms with Crippen molar-refractivity contribution < 1.29 is 8.78 Å². The second-order valence-corrected chi connectivity index (χ2v) is 5.42. The van der Waals surface area contributed by atoms with Crippen LogP contribution < -0.4 is 5.32 Å². The second-order valence-electron chi connectivity index (χ2n) is 5.42. The van der Waals surface area contributed by atoms with E-state index in [2.05, 4.69) is 5.32 Å². The molecule has 3 rings (SSSR count). The molecule has 20 heavy (non-hydrogen) atoms. The van der Waals surface area contributed by atoms with Gasteiger partial charge in [-0.1, -0.05) is 12.1 Å². The standard InChI is InChI=1S/C17H17F2N/c1-11-2-4-14(18)9-16(11)12-3-7-17(19)13(8-12)10-20-15-5-6-15/h2-4,7-9,15,20H,5-6,10H2,1H3. The number of hydrogen-bond donors (Lipinski definition) is 1. The fourth-order valence-corrected chi connectivity index (χ4v) is 2.32. The van der Waals surface area contributed by atoms with E-state index in [9.17, 15) is 8.78 Å². The minimum atomic E-state index is -0.271. The summed E-state index contributed by atoms with van der Waals surface area (Å²) in [6.45, 7) is 2.46. The Balaban J connectivity index is 1.92. The minimum absolute atomic E-state index is 0.212. The molecule has 0 bridgehead atoms. The lowest BCUT2D eigenvalue weighted by Crippen LogP contribution is -2.16. The Hall–Kier alpha value is -1.74. The molecular formula is C17H17F2N. The number of rotatable bonds is 4. The molecule has 0 amide bonds. The average molecular weight is 273 g/mol. The molecule has 1 fully saturated rings. The summed E-state index contributed by atoms with van der Waals surface area (Å²) in [5, 5.41) is 3.30. The first kappa shape index (κ1) is 13.3. The molecule has 1 aliphatic rings. The number of nitrogens with one attached hydrogen (secondary N) is 1. The van der Waals surface area contributed by atoms with Crippen molar-refractivity contribution in [3.8, 4) is 11.1 Å². The highest BCUT2D eigenvalue weighted by molar-refractivity contribution is 5.67. The van der Waals surface area contributed by atoms with Crippen molar-refractivity contribution in [3.63, 3.8) is 0 Å². The quantitative estimate of drug-likeness (QED) is 0.880. The van der Waals surface area contributed by atoms with Crippen LogP contribution in [-0.2, 0) is 6.54 Å². The second kappa shape index (κ2) is 5.33. The SMILES string of the molecule is Cc1ccc(F)cc1-c1ccc(F)c(CNC2CC2)c1. The lowest BCUT2D eigenvalue weighted by molar-refractivity contribution is 0.587. The number of benzene rings is 2. The fraction of sp³-hybridized carbons (Fsp3) is 0.294. The summed E-state index contributed by atoms with van der Waals surface area (Å²) in [6, 6.07) is 10.2. The summed E-state index contributed by atoms with van der Waals surface area (Å²) in [6.07, 6.45) is 2.34. The normalized spacial score (nSPS) is 14.6. The Morgan fingerprint density at radius 3 is 2.65 bits per heavy atom. The highest BCUT2D eigenvalue weighted by Gasteiger charge is 2.20. The van der Waals surface area contributed by atoms with Gasteiger partial charge in [-0.05, 0) is 60.7 Å². The Bertz CT molecular complexity index is 633. The van der Waals surface area contributed by atoms with Crippen LogP contribution in [0.15, 0.2) is 36.4 Å². The van der Waals surface area contributed by atoms with Crippen molar-refractivity contribution in [1.82, 2.24) is 5.32 Å². The van der Waals surface area contributed by atoms with Gasteiger partial charge >= 0.3 is 0 Å². The lowest BCUT2D eigenvalue weighted by Gasteiger charge is -2.10. The highest BCUT2D eigenvalue weighted by Crippen LogP contribution is 2.27. The molecule has 0 saturated heterocycles. The Morgan fingerprint density at radius 1 is 1.10 bits per heavy atom. The van der Waals surface area contributed by atoms with Crippen LogP contribution in [0.4, 0.5) is 8.78 Å². The molecule has 0 aliphatic heterocycles. The molecule has 1 saturated carbocycles. The van der Waals surface area contributed by atoms with Crippen LogP contribution in [0, 0.1) is 18.6 Å². The van der Waals surface area contributed by atoms with Gasteiger partial charge in [-0.3, -0.25) is 0 Å². The molecule has 0 aromatic heterocycles. The van der Waals surface area contributed by atoms with E-state index >= 15 is 0 Å². The molecule has 104 valence electrons. The van der Waals surface area contributed by atoms with Crippen molar-refractivity contribution >= 4 is 0 Å². The smallest absolute Gasteiger partial charge is 0.127 e. The first-order valence-corrected chi connectivity index (χ1v) is 6.92. The summed E-state index contributed by atoms with van der Waals surface area (Å²) < 4.78 is 27.2. The topological polar surface area (TPSA) is 12.0 Å². The third-order valence-electron chi connectivity index (χ3n) is 3.71. The largest absolute Gasteiger partial charge is 0.310 e. The van der Waals surface area contributed by atoms with Gasteiger partial charge in [0, 0.05) is 18.2 Å². The number of aryl methyl sites for hydroxylation is 1. The number of hydrogen-bond acceptors (Lipinski definition) is 1. The maximum Gasteiger partial charge on any atom is 0.127 e. The Labute approximate surface area is 117 Å². The Kier molecular flexibility index (Phi) is 3.53. The zero-order chi connectivity index (χ0) is 14.1. The van der Waals surface area contributed by atoms with Crippen LogP contribution in [0.1, 0.15) is 24.0 Å². The van der Waals surface area contributed by atoms with E-state index in [1.807, 2.05) is 13.0 Å². The molecule has 0 atom stereocenters. The molecule has 1 N–H and O–H groups in total. The predicted molar refractivity (Wildman–Crippen MR) is 76.4 cm³/mol. The molecule has 0 unspecified atom stereocenters. The van der Waals surface area contributed by atoms with Gasteiger partial charge in [-0.2, -0.15) is 0 Å². The van der Waals surface area contributed by atoms with Gasteiger partial charge in [0.15, 0.2) is 0 Å². The molecule has 0 spiro atoms. The first-order chi connectivity index (χ1) is 9.63. The van der Waals surface area contributed by atoms with Gasteiger partial charge in [0.05, 0.1) is 0 Å². The maximum absolute atomic E-state index is 13.8. The van der Waals surface area contributed by atoms with Crippen LogP contribution in [0.3, 0.4) is 0 Å². The molecule has 3 heteroatoms. The third-order valence-corrected chi connectivity index (χ3v) is 3.71. The van der Waals surface area contributed by atoms with Crippen LogP contribution in [0.25, 0.3) is 11.1 Å². The predicted octanol–water partition coefficient (Wildman–Crippen LogP) is 4.19. The molecule has 1 nitrogen and oxygen atoms in total. The highest BCUT2D eigenvalue weighted by atomic mass is 19.1. The average Bonchev–Trinajstić information content (AvgIpc) is 3.25. The van der Waals surface area contributed by atoms with Crippen molar-refractivity contribution in [2.24, 2.45) is 0 Å². The van der Waals surface area contributed by atoms with Crippen molar-refractivity contribution in [2.45, 2.75) is 32.4 Å². The van der Waals surface area contributed by atoms with Crippen LogP contribution in [0.2, 0.25) is 0 Å². The molecule has 1 aliphatic carbocycles. The molecule has 2 aromatic carbocycles. The van der Waals surface area contributed by atoms with E-state index in [0.29, 0.717) is 18.2 Å². The molecule has 0 heterocycles. The van der Waals surface area contributed by atoms with Crippen LogP contribution in [-0.4, -0.2) is 6.04 Å². The van der Waals surface area contributed by atoms with E-state index < -0.39 is 0 Å². The summed E-state index contributed by atoms with van der Waals surface area (Å²) >= 11 is 0. The zero-order valence-electron chi connectivity index (χ0n) is 11.4. The summed E-state index contributed by atoms with van der Waals surface area (Å²) in [5.41, 5.74) is 3.30. The first-order valence-electron chi connectivity index (χ1n) is 6.92. The summed E-state index contributed by atoms with van der Waals surface area (Å²) in [5.74, 6) is -0.483. The monoisotopic (exact) mass is 273 g/mol. The molecule has 2 aromatic rings. The van der Waals surface area contributed by atoms with E-state index in [1.165, 1.54) is 31.0 Å². The number of halogens is 2. The molecule has 0 radical (unpaired) electrons. The van der Waals surface area contributed by atoms with Crippen LogP contribution >= 0.6 is 0 Å². The van der Waals surface area contributed by atoms with Gasteiger partial charge in [0.2, 0.25) is 0 Å². The van der Waals surface area contributed by atoms with Crippen molar-refractivity contribution in [3.05, 3.63) is 59.2 Å². The maximum atomic E-state index is 13.8. The van der Waals surface area contributed by atoms with Crippen molar-refractivity contribution in [2.75, 3.05) is 0 Å². The fourth-order valence-electron chi connectivity index (χ4n) is 2.32. The summed E-state index contributed by atoms with van der Waals surface area (Å²) in [4.78, 5) is 0. The zero-order valence-corrected chi connectivity index (χ0v) is 11.4. The minimum Gasteiger partial charge on any atom is -0.310 e.